The molecule has 19 heavy (non-hydrogen) atoms. The number of benzene rings is 1. The maximum Gasteiger partial charge on any atom is 0.416 e. The summed E-state index contributed by atoms with van der Waals surface area (Å²) in [4.78, 5) is 11.3. The van der Waals surface area contributed by atoms with Crippen molar-refractivity contribution in [2.75, 3.05) is 0 Å². The minimum atomic E-state index is -4.33. The van der Waals surface area contributed by atoms with Crippen molar-refractivity contribution in [1.29, 1.82) is 0 Å². The minimum absolute atomic E-state index is 0.146. The predicted molar refractivity (Wildman–Crippen MR) is 70.8 cm³/mol. The molecule has 1 amide bonds. The molecular formula is C13H15BrF3NO. The molecule has 1 unspecified atom stereocenters. The van der Waals surface area contributed by atoms with Gasteiger partial charge in [0.25, 0.3) is 0 Å². The lowest BCUT2D eigenvalue weighted by atomic mass is 10.1. The summed E-state index contributed by atoms with van der Waals surface area (Å²) >= 11 is 3.26. The minimum Gasteiger partial charge on any atom is -0.351 e. The van der Waals surface area contributed by atoms with Crippen LogP contribution in [0.15, 0.2) is 24.3 Å². The fourth-order valence-corrected chi connectivity index (χ4v) is 1.56. The van der Waals surface area contributed by atoms with Gasteiger partial charge in [0.1, 0.15) is 0 Å². The van der Waals surface area contributed by atoms with Crippen LogP contribution in [0, 0.1) is 5.92 Å². The highest BCUT2D eigenvalue weighted by Crippen LogP contribution is 2.29. The maximum absolute atomic E-state index is 12.4. The summed E-state index contributed by atoms with van der Waals surface area (Å²) < 4.78 is 37.1. The zero-order valence-corrected chi connectivity index (χ0v) is 12.2. The van der Waals surface area contributed by atoms with Gasteiger partial charge in [-0.2, -0.15) is 13.2 Å². The Hall–Kier alpha value is -1.04. The van der Waals surface area contributed by atoms with Crippen LogP contribution in [0.25, 0.3) is 0 Å². The lowest BCUT2D eigenvalue weighted by Gasteiger charge is -2.14. The second-order valence-electron chi connectivity index (χ2n) is 4.56. The Morgan fingerprint density at radius 1 is 1.26 bits per heavy atom. The zero-order chi connectivity index (χ0) is 14.6. The number of carbonyl (C=O) groups excluding carboxylic acids is 1. The van der Waals surface area contributed by atoms with E-state index in [1.165, 1.54) is 12.1 Å². The third kappa shape index (κ3) is 4.86. The van der Waals surface area contributed by atoms with Crippen molar-refractivity contribution in [3.05, 3.63) is 35.4 Å². The third-order valence-electron chi connectivity index (χ3n) is 2.58. The average Bonchev–Trinajstić information content (AvgIpc) is 2.34. The van der Waals surface area contributed by atoms with Crippen molar-refractivity contribution in [3.8, 4) is 0 Å². The van der Waals surface area contributed by atoms with E-state index in [9.17, 15) is 18.0 Å². The van der Waals surface area contributed by atoms with Crippen molar-refractivity contribution in [2.45, 2.75) is 31.4 Å². The van der Waals surface area contributed by atoms with E-state index in [4.69, 9.17) is 0 Å². The second-order valence-corrected chi connectivity index (χ2v) is 5.54. The highest BCUT2D eigenvalue weighted by atomic mass is 79.9. The molecule has 0 saturated carbocycles. The summed E-state index contributed by atoms with van der Waals surface area (Å²) in [7, 11) is 0. The average molecular weight is 338 g/mol. The van der Waals surface area contributed by atoms with E-state index in [-0.39, 0.29) is 23.2 Å². The fourth-order valence-electron chi connectivity index (χ4n) is 1.40. The van der Waals surface area contributed by atoms with Crippen LogP contribution in [0.2, 0.25) is 0 Å². The van der Waals surface area contributed by atoms with Crippen LogP contribution in [0.3, 0.4) is 0 Å². The number of hydrogen-bond acceptors (Lipinski definition) is 1. The van der Waals surface area contributed by atoms with Gasteiger partial charge in [0.2, 0.25) is 5.91 Å². The molecule has 2 nitrogen and oxygen atoms in total. The number of alkyl halides is 4. The molecule has 1 N–H and O–H groups in total. The number of nitrogens with one attached hydrogen (secondary N) is 1. The topological polar surface area (TPSA) is 29.1 Å². The molecule has 0 spiro atoms. The molecule has 0 aliphatic carbocycles. The highest BCUT2D eigenvalue weighted by molar-refractivity contribution is 9.10. The molecule has 1 aromatic rings. The standard InChI is InChI=1S/C13H15BrF3NO/c1-8(2)11(14)12(19)18-7-9-3-5-10(6-4-9)13(15,16)17/h3-6,8,11H,7H2,1-2H3,(H,18,19). The van der Waals surface area contributed by atoms with Gasteiger partial charge in [-0.3, -0.25) is 4.79 Å². The first-order valence-electron chi connectivity index (χ1n) is 5.79. The Morgan fingerprint density at radius 2 is 1.79 bits per heavy atom. The molecule has 1 rings (SSSR count). The number of amides is 1. The molecule has 1 atom stereocenters. The summed E-state index contributed by atoms with van der Waals surface area (Å²) in [5.74, 6) is -0.0255. The van der Waals surface area contributed by atoms with Crippen LogP contribution in [0.1, 0.15) is 25.0 Å². The van der Waals surface area contributed by atoms with Gasteiger partial charge in [-0.05, 0) is 23.6 Å². The van der Waals surface area contributed by atoms with Gasteiger partial charge in [0, 0.05) is 6.54 Å². The van der Waals surface area contributed by atoms with Crippen LogP contribution >= 0.6 is 15.9 Å². The Labute approximate surface area is 118 Å². The highest BCUT2D eigenvalue weighted by Gasteiger charge is 2.29. The van der Waals surface area contributed by atoms with E-state index in [0.29, 0.717) is 5.56 Å². The normalized spacial score (nSPS) is 13.4. The molecule has 0 bridgehead atoms. The van der Waals surface area contributed by atoms with Crippen molar-refractivity contribution < 1.29 is 18.0 Å². The first-order chi connectivity index (χ1) is 8.71. The van der Waals surface area contributed by atoms with Crippen molar-refractivity contribution in [3.63, 3.8) is 0 Å². The number of hydrogen-bond donors (Lipinski definition) is 1. The molecule has 1 aromatic carbocycles. The molecule has 0 aliphatic heterocycles. The fraction of sp³-hybridized carbons (Fsp3) is 0.462. The molecule has 106 valence electrons. The largest absolute Gasteiger partial charge is 0.416 e. The van der Waals surface area contributed by atoms with E-state index in [1.807, 2.05) is 13.8 Å². The Balaban J connectivity index is 2.58. The summed E-state index contributed by atoms with van der Waals surface area (Å²) in [6, 6.07) is 4.74. The molecule has 0 aromatic heterocycles. The van der Waals surface area contributed by atoms with Crippen LogP contribution in [0.4, 0.5) is 13.2 Å². The SMILES string of the molecule is CC(C)C(Br)C(=O)NCc1ccc(C(F)(F)F)cc1. The van der Waals surface area contributed by atoms with Crippen LogP contribution in [-0.2, 0) is 17.5 Å². The van der Waals surface area contributed by atoms with Crippen LogP contribution < -0.4 is 5.32 Å². The van der Waals surface area contributed by atoms with Crippen LogP contribution in [-0.4, -0.2) is 10.7 Å². The van der Waals surface area contributed by atoms with E-state index in [1.54, 1.807) is 0 Å². The van der Waals surface area contributed by atoms with Gasteiger partial charge in [-0.25, -0.2) is 0 Å². The molecule has 0 heterocycles. The monoisotopic (exact) mass is 337 g/mol. The summed E-state index contributed by atoms with van der Waals surface area (Å²) in [5, 5.41) is 2.67. The van der Waals surface area contributed by atoms with Gasteiger partial charge in [-0.1, -0.05) is 41.9 Å². The zero-order valence-electron chi connectivity index (χ0n) is 10.6. The second kappa shape index (κ2) is 6.41. The van der Waals surface area contributed by atoms with Crippen molar-refractivity contribution in [2.24, 2.45) is 5.92 Å². The van der Waals surface area contributed by atoms with E-state index in [2.05, 4.69) is 21.2 Å². The first kappa shape index (κ1) is 16.0. The van der Waals surface area contributed by atoms with Gasteiger partial charge in [0.05, 0.1) is 10.4 Å². The molecule has 0 saturated heterocycles. The predicted octanol–water partition coefficient (Wildman–Crippen LogP) is 3.74. The number of carbonyl (C=O) groups is 1. The van der Waals surface area contributed by atoms with Crippen molar-refractivity contribution in [1.82, 2.24) is 5.32 Å². The van der Waals surface area contributed by atoms with E-state index in [0.717, 1.165) is 12.1 Å². The quantitative estimate of drug-likeness (QED) is 0.833. The number of rotatable bonds is 4. The molecule has 0 radical (unpaired) electrons. The van der Waals surface area contributed by atoms with E-state index < -0.39 is 11.7 Å². The first-order valence-corrected chi connectivity index (χ1v) is 6.71. The smallest absolute Gasteiger partial charge is 0.351 e. The lowest BCUT2D eigenvalue weighted by Crippen LogP contribution is -2.33. The molecule has 0 fully saturated rings. The van der Waals surface area contributed by atoms with E-state index >= 15 is 0 Å². The van der Waals surface area contributed by atoms with Gasteiger partial charge < -0.3 is 5.32 Å². The molecule has 6 heteroatoms. The Bertz CT molecular complexity index is 429. The Morgan fingerprint density at radius 3 is 2.21 bits per heavy atom. The van der Waals surface area contributed by atoms with Crippen molar-refractivity contribution >= 4 is 21.8 Å². The number of halogens is 4. The van der Waals surface area contributed by atoms with Gasteiger partial charge in [-0.15, -0.1) is 0 Å². The van der Waals surface area contributed by atoms with Crippen LogP contribution in [0.5, 0.6) is 0 Å². The third-order valence-corrected chi connectivity index (χ3v) is 4.06. The van der Waals surface area contributed by atoms with Gasteiger partial charge in [0.15, 0.2) is 0 Å². The Kier molecular flexibility index (Phi) is 5.40. The summed E-state index contributed by atoms with van der Waals surface area (Å²) in [6.07, 6.45) is -4.33. The summed E-state index contributed by atoms with van der Waals surface area (Å²) in [6.45, 7) is 4.01. The lowest BCUT2D eigenvalue weighted by molar-refractivity contribution is -0.137. The molecule has 0 aliphatic rings. The van der Waals surface area contributed by atoms with Gasteiger partial charge >= 0.3 is 6.18 Å². The maximum atomic E-state index is 12.4. The summed E-state index contributed by atoms with van der Waals surface area (Å²) in [5.41, 5.74) is -0.0621. The molecular weight excluding hydrogens is 323 g/mol.